The van der Waals surface area contributed by atoms with E-state index in [1.165, 1.54) is 0 Å². The average Bonchev–Trinajstić information content (AvgIpc) is 3.30. The van der Waals surface area contributed by atoms with E-state index in [9.17, 15) is 19.5 Å². The summed E-state index contributed by atoms with van der Waals surface area (Å²) in [5.41, 5.74) is 5.33. The molecule has 0 fully saturated rings. The number of aliphatic carboxylic acids is 1. The van der Waals surface area contributed by atoms with Gasteiger partial charge in [0.2, 0.25) is 5.91 Å². The highest BCUT2D eigenvalue weighted by Crippen LogP contribution is 2.44. The van der Waals surface area contributed by atoms with Gasteiger partial charge in [-0.2, -0.15) is 0 Å². The Morgan fingerprint density at radius 1 is 0.878 bits per heavy atom. The Bertz CT molecular complexity index is 1280. The fraction of sp³-hybridized carbons (Fsp3) is 0.364. The number of ether oxygens (including phenoxy) is 2. The van der Waals surface area contributed by atoms with Crippen LogP contribution >= 0.6 is 0 Å². The van der Waals surface area contributed by atoms with Crippen molar-refractivity contribution in [2.75, 3.05) is 6.61 Å². The SMILES string of the molecule is CCCC[C@@H](CC(=O)O)NC(=O)C(NC(=O)OCC1c2ccccc2-c2ccccc21)C(C)OCc1ccccc1. The van der Waals surface area contributed by atoms with Crippen LogP contribution in [-0.4, -0.2) is 47.9 Å². The van der Waals surface area contributed by atoms with Crippen molar-refractivity contribution in [2.45, 2.75) is 70.2 Å². The molecule has 0 bridgehead atoms. The van der Waals surface area contributed by atoms with E-state index in [0.29, 0.717) is 6.42 Å². The maximum Gasteiger partial charge on any atom is 0.407 e. The zero-order valence-corrected chi connectivity index (χ0v) is 23.5. The van der Waals surface area contributed by atoms with E-state index in [1.807, 2.05) is 73.7 Å². The minimum atomic E-state index is -1.09. The smallest absolute Gasteiger partial charge is 0.407 e. The average molecular weight is 559 g/mol. The third-order valence-corrected chi connectivity index (χ3v) is 7.40. The maximum atomic E-state index is 13.4. The highest BCUT2D eigenvalue weighted by molar-refractivity contribution is 5.87. The summed E-state index contributed by atoms with van der Waals surface area (Å²) in [6.45, 7) is 4.05. The van der Waals surface area contributed by atoms with Crippen molar-refractivity contribution in [3.63, 3.8) is 0 Å². The molecule has 0 heterocycles. The van der Waals surface area contributed by atoms with Crippen LogP contribution in [0.25, 0.3) is 11.1 Å². The van der Waals surface area contributed by atoms with Crippen molar-refractivity contribution in [2.24, 2.45) is 0 Å². The van der Waals surface area contributed by atoms with Gasteiger partial charge in [-0.15, -0.1) is 0 Å². The highest BCUT2D eigenvalue weighted by atomic mass is 16.5. The predicted octanol–water partition coefficient (Wildman–Crippen LogP) is 5.65. The number of rotatable bonds is 14. The van der Waals surface area contributed by atoms with Gasteiger partial charge in [-0.3, -0.25) is 9.59 Å². The molecule has 2 amide bonds. The van der Waals surface area contributed by atoms with Crippen molar-refractivity contribution in [3.8, 4) is 11.1 Å². The summed E-state index contributed by atoms with van der Waals surface area (Å²) >= 11 is 0. The summed E-state index contributed by atoms with van der Waals surface area (Å²) < 4.78 is 11.7. The molecule has 0 saturated heterocycles. The van der Waals surface area contributed by atoms with Crippen LogP contribution in [0.1, 0.15) is 62.1 Å². The van der Waals surface area contributed by atoms with E-state index in [2.05, 4.69) is 22.8 Å². The lowest BCUT2D eigenvalue weighted by atomic mass is 9.98. The van der Waals surface area contributed by atoms with Gasteiger partial charge in [-0.05, 0) is 41.2 Å². The van der Waals surface area contributed by atoms with Crippen molar-refractivity contribution in [1.29, 1.82) is 0 Å². The number of alkyl carbamates (subject to hydrolysis) is 1. The number of benzene rings is 3. The van der Waals surface area contributed by atoms with Crippen LogP contribution < -0.4 is 10.6 Å². The van der Waals surface area contributed by atoms with Crippen molar-refractivity contribution >= 4 is 18.0 Å². The van der Waals surface area contributed by atoms with Crippen LogP contribution in [0.3, 0.4) is 0 Å². The maximum absolute atomic E-state index is 13.4. The van der Waals surface area contributed by atoms with E-state index in [-0.39, 0.29) is 25.6 Å². The molecule has 1 aliphatic carbocycles. The van der Waals surface area contributed by atoms with E-state index >= 15 is 0 Å². The summed E-state index contributed by atoms with van der Waals surface area (Å²) in [5.74, 6) is -1.64. The first-order valence-corrected chi connectivity index (χ1v) is 14.2. The summed E-state index contributed by atoms with van der Waals surface area (Å²) in [6.07, 6.45) is 0.485. The normalized spacial score (nSPS) is 14.3. The molecule has 0 aromatic heterocycles. The van der Waals surface area contributed by atoms with Gasteiger partial charge in [-0.1, -0.05) is 98.6 Å². The van der Waals surface area contributed by atoms with Crippen LogP contribution in [0.4, 0.5) is 4.79 Å². The first-order chi connectivity index (χ1) is 19.9. The topological polar surface area (TPSA) is 114 Å². The Balaban J connectivity index is 1.45. The lowest BCUT2D eigenvalue weighted by Gasteiger charge is -2.27. The number of carbonyl (C=O) groups is 3. The molecule has 1 aliphatic rings. The first kappa shape index (κ1) is 29.8. The Hall–Kier alpha value is -4.17. The number of hydrogen-bond acceptors (Lipinski definition) is 5. The molecule has 0 spiro atoms. The number of amides is 2. The second-order valence-electron chi connectivity index (χ2n) is 10.4. The third-order valence-electron chi connectivity index (χ3n) is 7.40. The van der Waals surface area contributed by atoms with Crippen LogP contribution in [0, 0.1) is 0 Å². The lowest BCUT2D eigenvalue weighted by molar-refractivity contribution is -0.138. The molecule has 3 atom stereocenters. The largest absolute Gasteiger partial charge is 0.481 e. The molecule has 2 unspecified atom stereocenters. The Morgan fingerprint density at radius 2 is 1.49 bits per heavy atom. The molecule has 216 valence electrons. The molecule has 8 heteroatoms. The summed E-state index contributed by atoms with van der Waals surface area (Å²) in [6, 6.07) is 24.0. The minimum absolute atomic E-state index is 0.103. The van der Waals surface area contributed by atoms with Gasteiger partial charge in [0.1, 0.15) is 12.6 Å². The van der Waals surface area contributed by atoms with Crippen LogP contribution in [-0.2, 0) is 25.7 Å². The van der Waals surface area contributed by atoms with E-state index < -0.39 is 36.2 Å². The fourth-order valence-electron chi connectivity index (χ4n) is 5.24. The molecule has 0 radical (unpaired) electrons. The van der Waals surface area contributed by atoms with Gasteiger partial charge in [-0.25, -0.2) is 4.79 Å². The molecule has 4 rings (SSSR count). The zero-order chi connectivity index (χ0) is 29.2. The Kier molecular flexibility index (Phi) is 10.5. The molecule has 3 aromatic carbocycles. The predicted molar refractivity (Wildman–Crippen MR) is 156 cm³/mol. The summed E-state index contributed by atoms with van der Waals surface area (Å²) in [5, 5.41) is 14.9. The van der Waals surface area contributed by atoms with E-state index in [1.54, 1.807) is 6.92 Å². The number of carbonyl (C=O) groups excluding carboxylic acids is 2. The second-order valence-corrected chi connectivity index (χ2v) is 10.4. The third kappa shape index (κ3) is 7.95. The number of carboxylic acids is 1. The molecule has 0 saturated carbocycles. The highest BCUT2D eigenvalue weighted by Gasteiger charge is 2.32. The van der Waals surface area contributed by atoms with Crippen LogP contribution in [0.2, 0.25) is 0 Å². The zero-order valence-electron chi connectivity index (χ0n) is 23.5. The number of hydrogen-bond donors (Lipinski definition) is 3. The molecule has 3 N–H and O–H groups in total. The molecule has 3 aromatic rings. The Morgan fingerprint density at radius 3 is 2.10 bits per heavy atom. The van der Waals surface area contributed by atoms with Gasteiger partial charge in [0.05, 0.1) is 19.1 Å². The van der Waals surface area contributed by atoms with Crippen LogP contribution in [0.5, 0.6) is 0 Å². The van der Waals surface area contributed by atoms with Gasteiger partial charge >= 0.3 is 12.1 Å². The second kappa shape index (κ2) is 14.5. The van der Waals surface area contributed by atoms with Gasteiger partial charge in [0.25, 0.3) is 0 Å². The molecule has 0 aliphatic heterocycles. The lowest BCUT2D eigenvalue weighted by Crippen LogP contribution is -2.55. The fourth-order valence-corrected chi connectivity index (χ4v) is 5.24. The summed E-state index contributed by atoms with van der Waals surface area (Å²) in [7, 11) is 0. The van der Waals surface area contributed by atoms with Gasteiger partial charge in [0, 0.05) is 12.0 Å². The van der Waals surface area contributed by atoms with Gasteiger partial charge < -0.3 is 25.2 Å². The quantitative estimate of drug-likeness (QED) is 0.236. The summed E-state index contributed by atoms with van der Waals surface area (Å²) in [4.78, 5) is 37.9. The van der Waals surface area contributed by atoms with E-state index in [4.69, 9.17) is 9.47 Å². The minimum Gasteiger partial charge on any atom is -0.481 e. The van der Waals surface area contributed by atoms with Crippen molar-refractivity contribution < 1.29 is 29.0 Å². The number of nitrogens with one attached hydrogen (secondary N) is 2. The van der Waals surface area contributed by atoms with Crippen molar-refractivity contribution in [1.82, 2.24) is 10.6 Å². The number of unbranched alkanes of at least 4 members (excludes halogenated alkanes) is 1. The van der Waals surface area contributed by atoms with Gasteiger partial charge in [0.15, 0.2) is 0 Å². The van der Waals surface area contributed by atoms with Crippen molar-refractivity contribution in [3.05, 3.63) is 95.6 Å². The monoisotopic (exact) mass is 558 g/mol. The number of fused-ring (bicyclic) bond motifs is 3. The van der Waals surface area contributed by atoms with E-state index in [0.717, 1.165) is 40.7 Å². The van der Waals surface area contributed by atoms with Crippen LogP contribution in [0.15, 0.2) is 78.9 Å². The number of carboxylic acid groups (broad SMARTS) is 1. The molecular weight excluding hydrogens is 520 g/mol. The molecular formula is C33H38N2O6. The first-order valence-electron chi connectivity index (χ1n) is 14.2. The Labute approximate surface area is 241 Å². The molecule has 41 heavy (non-hydrogen) atoms. The standard InChI is InChI=1S/C33H38N2O6/c1-3-4-14-24(19-30(36)37)34-32(38)31(22(2)40-20-23-12-6-5-7-13-23)35-33(39)41-21-29-27-17-10-8-15-25(27)26-16-9-11-18-28(26)29/h5-13,15-18,22,24,29,31H,3-4,14,19-21H2,1-2H3,(H,34,38)(H,35,39)(H,36,37)/t22?,24-,31?/m0/s1. The molecule has 8 nitrogen and oxygen atoms in total.